The second kappa shape index (κ2) is 7.29. The minimum Gasteiger partial charge on any atom is -0.349 e. The molecule has 2 rings (SSSR count). The maximum atomic E-state index is 12.1. The van der Waals surface area contributed by atoms with Gasteiger partial charge in [0.25, 0.3) is 5.91 Å². The topological polar surface area (TPSA) is 80.2 Å². The largest absolute Gasteiger partial charge is 0.349 e. The summed E-state index contributed by atoms with van der Waals surface area (Å²) >= 11 is 3.30. The monoisotopic (exact) mass is 399 g/mol. The van der Waals surface area contributed by atoms with Gasteiger partial charge >= 0.3 is 0 Å². The van der Waals surface area contributed by atoms with Crippen LogP contribution in [0.2, 0.25) is 0 Å². The van der Waals surface area contributed by atoms with Crippen LogP contribution in [0, 0.1) is 6.92 Å². The molecule has 8 heteroatoms. The lowest BCUT2D eigenvalue weighted by molar-refractivity contribution is 0.0946. The number of halogens is 1. The zero-order valence-electron chi connectivity index (χ0n) is 12.8. The first-order valence-corrected chi connectivity index (χ1v) is 9.23. The third-order valence-electron chi connectivity index (χ3n) is 3.24. The molecule has 6 nitrogen and oxygen atoms in total. The van der Waals surface area contributed by atoms with Crippen LogP contribution in [0.3, 0.4) is 0 Å². The smallest absolute Gasteiger partial charge is 0.267 e. The molecule has 0 aliphatic rings. The molecule has 2 aromatic rings. The van der Waals surface area contributed by atoms with E-state index in [1.165, 1.54) is 0 Å². The van der Waals surface area contributed by atoms with E-state index in [1.807, 2.05) is 6.92 Å². The molecule has 23 heavy (non-hydrogen) atoms. The standard InChI is InChI=1S/C15H18BrN3O3S/c1-11-3-5-13(6-4-11)23(21,22)18-8-7-17-15(20)14-9-12(16)10-19(14)2/h3-6,9-10,18H,7-8H2,1-2H3,(H,17,20). The van der Waals surface area contributed by atoms with E-state index in [-0.39, 0.29) is 23.9 Å². The van der Waals surface area contributed by atoms with Gasteiger partial charge < -0.3 is 9.88 Å². The van der Waals surface area contributed by atoms with Crippen LogP contribution in [-0.2, 0) is 17.1 Å². The third-order valence-corrected chi connectivity index (χ3v) is 5.15. The van der Waals surface area contributed by atoms with Crippen molar-refractivity contribution >= 4 is 31.9 Å². The summed E-state index contributed by atoms with van der Waals surface area (Å²) in [6.07, 6.45) is 1.77. The van der Waals surface area contributed by atoms with Crippen molar-refractivity contribution < 1.29 is 13.2 Å². The van der Waals surface area contributed by atoms with Crippen LogP contribution in [0.1, 0.15) is 16.1 Å². The number of nitrogens with one attached hydrogen (secondary N) is 2. The van der Waals surface area contributed by atoms with Gasteiger partial charge in [0.2, 0.25) is 10.0 Å². The van der Waals surface area contributed by atoms with Crippen LogP contribution in [0.15, 0.2) is 45.9 Å². The molecular formula is C15H18BrN3O3S. The predicted molar refractivity (Wildman–Crippen MR) is 91.8 cm³/mol. The Morgan fingerprint density at radius 3 is 2.43 bits per heavy atom. The van der Waals surface area contributed by atoms with Gasteiger partial charge in [-0.25, -0.2) is 13.1 Å². The fourth-order valence-corrected chi connectivity index (χ4v) is 3.56. The molecule has 0 bridgehead atoms. The number of rotatable bonds is 6. The van der Waals surface area contributed by atoms with Gasteiger partial charge in [0.15, 0.2) is 0 Å². The highest BCUT2D eigenvalue weighted by molar-refractivity contribution is 9.10. The van der Waals surface area contributed by atoms with Crippen LogP contribution in [0.4, 0.5) is 0 Å². The minimum atomic E-state index is -3.56. The van der Waals surface area contributed by atoms with Crippen LogP contribution in [0.25, 0.3) is 0 Å². The van der Waals surface area contributed by atoms with Crippen molar-refractivity contribution in [3.05, 3.63) is 52.3 Å². The lowest BCUT2D eigenvalue weighted by Crippen LogP contribution is -2.35. The Labute approximate surface area is 144 Å². The van der Waals surface area contributed by atoms with E-state index in [2.05, 4.69) is 26.0 Å². The third kappa shape index (κ3) is 4.66. The number of benzene rings is 1. The first-order valence-electron chi connectivity index (χ1n) is 6.96. The zero-order valence-corrected chi connectivity index (χ0v) is 15.2. The lowest BCUT2D eigenvalue weighted by atomic mass is 10.2. The maximum Gasteiger partial charge on any atom is 0.267 e. The second-order valence-corrected chi connectivity index (χ2v) is 7.80. The number of sulfonamides is 1. The van der Waals surface area contributed by atoms with E-state index in [9.17, 15) is 13.2 Å². The van der Waals surface area contributed by atoms with E-state index in [4.69, 9.17) is 0 Å². The van der Waals surface area contributed by atoms with E-state index in [1.54, 1.807) is 48.1 Å². The molecule has 0 unspecified atom stereocenters. The Bertz CT molecular complexity index is 798. The molecule has 1 heterocycles. The number of aromatic nitrogens is 1. The van der Waals surface area contributed by atoms with Gasteiger partial charge in [0.1, 0.15) is 5.69 Å². The summed E-state index contributed by atoms with van der Waals surface area (Å²) in [6, 6.07) is 8.29. The highest BCUT2D eigenvalue weighted by Crippen LogP contribution is 2.13. The second-order valence-electron chi connectivity index (χ2n) is 5.12. The molecule has 0 saturated carbocycles. The molecule has 0 atom stereocenters. The summed E-state index contributed by atoms with van der Waals surface area (Å²) in [5.41, 5.74) is 1.49. The van der Waals surface area contributed by atoms with Crippen molar-refractivity contribution in [2.45, 2.75) is 11.8 Å². The van der Waals surface area contributed by atoms with Crippen molar-refractivity contribution in [2.24, 2.45) is 7.05 Å². The Morgan fingerprint density at radius 2 is 1.87 bits per heavy atom. The first-order chi connectivity index (χ1) is 10.8. The summed E-state index contributed by atoms with van der Waals surface area (Å²) in [5, 5.41) is 2.68. The maximum absolute atomic E-state index is 12.1. The van der Waals surface area contributed by atoms with Crippen LogP contribution in [0.5, 0.6) is 0 Å². The molecule has 1 aromatic carbocycles. The van der Waals surface area contributed by atoms with Gasteiger partial charge in [0.05, 0.1) is 4.90 Å². The predicted octanol–water partition coefficient (Wildman–Crippen LogP) is 1.80. The number of carbonyl (C=O) groups is 1. The fourth-order valence-electron chi connectivity index (χ4n) is 2.00. The van der Waals surface area contributed by atoms with Crippen molar-refractivity contribution in [3.8, 4) is 0 Å². The van der Waals surface area contributed by atoms with Crippen molar-refractivity contribution in [1.29, 1.82) is 0 Å². The highest BCUT2D eigenvalue weighted by Gasteiger charge is 2.14. The molecule has 0 fully saturated rings. The highest BCUT2D eigenvalue weighted by atomic mass is 79.9. The Morgan fingerprint density at radius 1 is 1.22 bits per heavy atom. The number of nitrogens with zero attached hydrogens (tertiary/aromatic N) is 1. The lowest BCUT2D eigenvalue weighted by Gasteiger charge is -2.08. The normalized spacial score (nSPS) is 11.4. The number of aryl methyl sites for hydroxylation is 2. The quantitative estimate of drug-likeness (QED) is 0.726. The molecule has 0 radical (unpaired) electrons. The van der Waals surface area contributed by atoms with Crippen LogP contribution in [-0.4, -0.2) is 32.0 Å². The van der Waals surface area contributed by atoms with Gasteiger partial charge in [-0.05, 0) is 41.1 Å². The molecule has 0 aliphatic carbocycles. The molecule has 1 aromatic heterocycles. The van der Waals surface area contributed by atoms with Gasteiger partial charge in [-0.1, -0.05) is 17.7 Å². The van der Waals surface area contributed by atoms with Crippen molar-refractivity contribution in [1.82, 2.24) is 14.6 Å². The molecule has 2 N–H and O–H groups in total. The van der Waals surface area contributed by atoms with Crippen molar-refractivity contribution in [3.63, 3.8) is 0 Å². The summed E-state index contributed by atoms with van der Waals surface area (Å²) in [6.45, 7) is 2.21. The summed E-state index contributed by atoms with van der Waals surface area (Å²) in [5.74, 6) is -0.257. The van der Waals surface area contributed by atoms with Gasteiger partial charge in [0, 0.05) is 30.8 Å². The molecule has 1 amide bonds. The molecule has 0 saturated heterocycles. The fraction of sp³-hybridized carbons (Fsp3) is 0.267. The van der Waals surface area contributed by atoms with E-state index in [0.717, 1.165) is 10.0 Å². The van der Waals surface area contributed by atoms with Crippen LogP contribution >= 0.6 is 15.9 Å². The Balaban J connectivity index is 1.86. The van der Waals surface area contributed by atoms with Gasteiger partial charge in [-0.15, -0.1) is 0 Å². The number of carbonyl (C=O) groups excluding carboxylic acids is 1. The van der Waals surface area contributed by atoms with E-state index < -0.39 is 10.0 Å². The summed E-state index contributed by atoms with van der Waals surface area (Å²) in [7, 11) is -1.79. The number of hydrogen-bond donors (Lipinski definition) is 2. The van der Waals surface area contributed by atoms with Crippen molar-refractivity contribution in [2.75, 3.05) is 13.1 Å². The number of amides is 1. The molecular weight excluding hydrogens is 382 g/mol. The average molecular weight is 400 g/mol. The Kier molecular flexibility index (Phi) is 5.61. The van der Waals surface area contributed by atoms with E-state index >= 15 is 0 Å². The Hall–Kier alpha value is -1.64. The van der Waals surface area contributed by atoms with Crippen LogP contribution < -0.4 is 10.0 Å². The summed E-state index contributed by atoms with van der Waals surface area (Å²) in [4.78, 5) is 12.2. The molecule has 124 valence electrons. The molecule has 0 aliphatic heterocycles. The summed E-state index contributed by atoms with van der Waals surface area (Å²) < 4.78 is 29.1. The van der Waals surface area contributed by atoms with Gasteiger partial charge in [-0.3, -0.25) is 4.79 Å². The molecule has 0 spiro atoms. The number of hydrogen-bond acceptors (Lipinski definition) is 3. The van der Waals surface area contributed by atoms with Gasteiger partial charge in [-0.2, -0.15) is 0 Å². The first kappa shape index (κ1) is 17.7. The SMILES string of the molecule is Cc1ccc(S(=O)(=O)NCCNC(=O)c2cc(Br)cn2C)cc1. The minimum absolute atomic E-state index is 0.119. The van der Waals surface area contributed by atoms with E-state index in [0.29, 0.717) is 5.69 Å². The average Bonchev–Trinajstić information content (AvgIpc) is 2.83. The zero-order chi connectivity index (χ0) is 17.0.